The van der Waals surface area contributed by atoms with Gasteiger partial charge in [0.2, 0.25) is 0 Å². The molecule has 0 unspecified atom stereocenters. The van der Waals surface area contributed by atoms with Crippen LogP contribution in [0.3, 0.4) is 0 Å². The van der Waals surface area contributed by atoms with Gasteiger partial charge in [0.05, 0.1) is 11.1 Å². The van der Waals surface area contributed by atoms with Gasteiger partial charge < -0.3 is 26.7 Å². The van der Waals surface area contributed by atoms with Gasteiger partial charge >= 0.3 is 0 Å². The van der Waals surface area contributed by atoms with E-state index in [-0.39, 0.29) is 5.91 Å². The number of nitrogens with two attached hydrogens (primary N) is 2. The van der Waals surface area contributed by atoms with Crippen LogP contribution in [0.1, 0.15) is 62.5 Å². The second kappa shape index (κ2) is 7.85. The van der Waals surface area contributed by atoms with Crippen molar-refractivity contribution in [1.82, 2.24) is 9.88 Å². The van der Waals surface area contributed by atoms with Gasteiger partial charge in [-0.3, -0.25) is 14.4 Å². The number of benzene rings is 1. The molecule has 1 aromatic heterocycles. The van der Waals surface area contributed by atoms with Crippen LogP contribution in [-0.4, -0.2) is 27.7 Å². The maximum absolute atomic E-state index is 13.2. The van der Waals surface area contributed by atoms with Crippen LogP contribution < -0.4 is 22.1 Å². The molecule has 1 saturated carbocycles. The first-order chi connectivity index (χ1) is 15.2. The van der Waals surface area contributed by atoms with E-state index >= 15 is 0 Å². The molecule has 2 aromatic rings. The summed E-state index contributed by atoms with van der Waals surface area (Å²) in [7, 11) is 0. The average molecular weight is 436 g/mol. The van der Waals surface area contributed by atoms with Gasteiger partial charge in [-0.25, -0.2) is 0 Å². The number of nitrogens with zero attached hydrogens (tertiary/aromatic N) is 1. The molecular weight excluding hydrogens is 406 g/mol. The van der Waals surface area contributed by atoms with E-state index in [0.717, 1.165) is 23.2 Å². The van der Waals surface area contributed by atoms with Crippen molar-refractivity contribution >= 4 is 23.3 Å². The molecule has 0 saturated heterocycles. The van der Waals surface area contributed by atoms with E-state index in [1.165, 1.54) is 6.20 Å². The van der Waals surface area contributed by atoms with Crippen LogP contribution in [0, 0.1) is 20.8 Å². The second-order valence-corrected chi connectivity index (χ2v) is 8.87. The molecule has 2 aliphatic rings. The number of aromatic nitrogens is 1. The Morgan fingerprint density at radius 3 is 2.34 bits per heavy atom. The fraction of sp³-hybridized carbons (Fsp3) is 0.375. The largest absolute Gasteiger partial charge is 0.403 e. The number of aryl methyl sites for hydroxylation is 2. The molecule has 32 heavy (non-hydrogen) atoms. The van der Waals surface area contributed by atoms with Crippen molar-refractivity contribution < 1.29 is 14.4 Å². The summed E-state index contributed by atoms with van der Waals surface area (Å²) < 4.78 is 1.87. The summed E-state index contributed by atoms with van der Waals surface area (Å²) in [6.45, 7) is 6.30. The lowest BCUT2D eigenvalue weighted by Crippen LogP contribution is -2.44. The molecule has 2 amide bonds. The first kappa shape index (κ1) is 21.7. The van der Waals surface area contributed by atoms with E-state index in [4.69, 9.17) is 11.5 Å². The molecule has 0 spiro atoms. The number of hydrogen-bond acceptors (Lipinski definition) is 5. The molecule has 8 heteroatoms. The number of rotatable bonds is 6. The minimum absolute atomic E-state index is 0.288. The number of carbonyl (C=O) groups excluding carboxylic acids is 3. The lowest BCUT2D eigenvalue weighted by atomic mass is 10.0. The molecule has 1 aromatic carbocycles. The number of amides is 2. The first-order valence-electron chi connectivity index (χ1n) is 10.8. The number of hydrogen-bond donors (Lipinski definition) is 4. The van der Waals surface area contributed by atoms with Gasteiger partial charge in [-0.2, -0.15) is 0 Å². The van der Waals surface area contributed by atoms with E-state index in [1.54, 1.807) is 6.92 Å². The zero-order chi connectivity index (χ0) is 23.2. The highest BCUT2D eigenvalue weighted by atomic mass is 16.2. The summed E-state index contributed by atoms with van der Waals surface area (Å²) in [6.07, 6.45) is 3.99. The lowest BCUT2D eigenvalue weighted by molar-refractivity contribution is -0.117. The smallest absolute Gasteiger partial charge is 0.293 e. The summed E-state index contributed by atoms with van der Waals surface area (Å²) in [6, 6.07) is 5.83. The number of ketones is 1. The summed E-state index contributed by atoms with van der Waals surface area (Å²) in [5, 5.41) is 5.71. The molecule has 2 heterocycles. The Morgan fingerprint density at radius 2 is 1.75 bits per heavy atom. The van der Waals surface area contributed by atoms with Crippen molar-refractivity contribution in [2.45, 2.75) is 58.5 Å². The molecule has 6 N–H and O–H groups in total. The van der Waals surface area contributed by atoms with Gasteiger partial charge in [-0.15, -0.1) is 0 Å². The second-order valence-electron chi connectivity index (χ2n) is 8.87. The van der Waals surface area contributed by atoms with E-state index in [1.807, 2.05) is 36.6 Å². The highest BCUT2D eigenvalue weighted by Gasteiger charge is 2.48. The quantitative estimate of drug-likeness (QED) is 0.408. The van der Waals surface area contributed by atoms with Gasteiger partial charge in [0.15, 0.2) is 0 Å². The highest BCUT2D eigenvalue weighted by Crippen LogP contribution is 2.40. The van der Waals surface area contributed by atoms with Crippen LogP contribution >= 0.6 is 0 Å². The third-order valence-electron chi connectivity index (χ3n) is 6.37. The SMILES string of the molecule is Cc1cc(C)cc(NC(=O)c2c(C)c(C(=O)C(=O)NC3(/C(N)=C/N)CC3)c3n2CCC3)c1. The Balaban J connectivity index is 1.64. The van der Waals surface area contributed by atoms with Gasteiger partial charge in [0, 0.05) is 29.8 Å². The van der Waals surface area contributed by atoms with Gasteiger partial charge in [-0.1, -0.05) is 6.07 Å². The Labute approximate surface area is 187 Å². The molecule has 168 valence electrons. The van der Waals surface area contributed by atoms with Crippen molar-refractivity contribution in [1.29, 1.82) is 0 Å². The Morgan fingerprint density at radius 1 is 1.09 bits per heavy atom. The summed E-state index contributed by atoms with van der Waals surface area (Å²) >= 11 is 0. The fourth-order valence-corrected chi connectivity index (χ4v) is 4.71. The number of anilines is 1. The fourth-order valence-electron chi connectivity index (χ4n) is 4.71. The Bertz CT molecular complexity index is 1150. The van der Waals surface area contributed by atoms with Crippen molar-refractivity contribution in [2.75, 3.05) is 5.32 Å². The van der Waals surface area contributed by atoms with E-state index < -0.39 is 17.2 Å². The van der Waals surface area contributed by atoms with Crippen LogP contribution in [0.25, 0.3) is 0 Å². The summed E-state index contributed by atoms with van der Waals surface area (Å²) in [5.74, 6) is -1.66. The first-order valence-corrected chi connectivity index (χ1v) is 10.8. The summed E-state index contributed by atoms with van der Waals surface area (Å²) in [4.78, 5) is 39.2. The predicted octanol–water partition coefficient (Wildman–Crippen LogP) is 2.20. The molecular formula is C24H29N5O3. The van der Waals surface area contributed by atoms with Gasteiger partial charge in [0.1, 0.15) is 5.69 Å². The van der Waals surface area contributed by atoms with Crippen LogP contribution in [0.4, 0.5) is 5.69 Å². The molecule has 1 aliphatic carbocycles. The zero-order valence-corrected chi connectivity index (χ0v) is 18.7. The monoisotopic (exact) mass is 435 g/mol. The van der Waals surface area contributed by atoms with Crippen molar-refractivity contribution in [3.8, 4) is 0 Å². The number of Topliss-reactive ketones (excluding diaryl/α,β-unsaturated/α-hetero) is 1. The topological polar surface area (TPSA) is 132 Å². The van der Waals surface area contributed by atoms with E-state index in [2.05, 4.69) is 10.6 Å². The highest BCUT2D eigenvalue weighted by molar-refractivity contribution is 6.44. The lowest BCUT2D eigenvalue weighted by Gasteiger charge is -2.17. The molecule has 1 fully saturated rings. The minimum atomic E-state index is -0.735. The Kier molecular flexibility index (Phi) is 5.32. The van der Waals surface area contributed by atoms with E-state index in [9.17, 15) is 14.4 Å². The zero-order valence-electron chi connectivity index (χ0n) is 18.7. The molecule has 0 radical (unpaired) electrons. The minimum Gasteiger partial charge on any atom is -0.403 e. The predicted molar refractivity (Wildman–Crippen MR) is 122 cm³/mol. The number of carbonyl (C=O) groups is 3. The molecule has 0 atom stereocenters. The van der Waals surface area contributed by atoms with Crippen LogP contribution in [0.15, 0.2) is 30.1 Å². The standard InChI is InChI=1S/C24H29N5O3/c1-13-9-14(2)11-16(10-13)27-22(31)20-15(3)19(17-5-4-8-29(17)20)21(30)23(32)28-24(6-7-24)18(26)12-25/h9-12H,4-8,25-26H2,1-3H3,(H,27,31)(H,28,32)/b18-12-. The number of nitrogens with one attached hydrogen (secondary N) is 2. The molecule has 1 aliphatic heterocycles. The van der Waals surface area contributed by atoms with Crippen LogP contribution in [0.5, 0.6) is 0 Å². The Hall–Kier alpha value is -3.55. The average Bonchev–Trinajstić information content (AvgIpc) is 3.26. The summed E-state index contributed by atoms with van der Waals surface area (Å²) in [5.41, 5.74) is 15.8. The molecule has 8 nitrogen and oxygen atoms in total. The third kappa shape index (κ3) is 3.66. The van der Waals surface area contributed by atoms with Gasteiger partial charge in [-0.05, 0) is 75.3 Å². The third-order valence-corrected chi connectivity index (χ3v) is 6.37. The molecule has 0 bridgehead atoms. The van der Waals surface area contributed by atoms with Crippen molar-refractivity contribution in [2.24, 2.45) is 11.5 Å². The van der Waals surface area contributed by atoms with Crippen LogP contribution in [0.2, 0.25) is 0 Å². The normalized spacial score (nSPS) is 16.4. The van der Waals surface area contributed by atoms with Crippen molar-refractivity contribution in [3.63, 3.8) is 0 Å². The number of fused-ring (bicyclic) bond motifs is 1. The van der Waals surface area contributed by atoms with Gasteiger partial charge in [0.25, 0.3) is 17.6 Å². The van der Waals surface area contributed by atoms with Crippen molar-refractivity contribution in [3.05, 3.63) is 63.7 Å². The van der Waals surface area contributed by atoms with E-state index in [0.29, 0.717) is 54.0 Å². The molecule has 4 rings (SSSR count). The maximum atomic E-state index is 13.2. The van der Waals surface area contributed by atoms with Crippen LogP contribution in [-0.2, 0) is 17.8 Å². The maximum Gasteiger partial charge on any atom is 0.293 e.